The van der Waals surface area contributed by atoms with Gasteiger partial charge >= 0.3 is 177 Å². The first-order valence-electron chi connectivity index (χ1n) is 2.74. The summed E-state index contributed by atoms with van der Waals surface area (Å²) in [5, 5.41) is 0. The van der Waals surface area contributed by atoms with Crippen molar-refractivity contribution < 1.29 is 151 Å². The summed E-state index contributed by atoms with van der Waals surface area (Å²) >= 11 is -19.7. The molecule has 0 saturated carbocycles. The SMILES string of the molecule is [Bi+3].[Cu+2].[O]=[V](=[O])[O-].[O]=[V](=[O])[O-].[O]=[V](=[O])[O-].[O]=[V](=[O])[O-].[O]=[V](=[O])[O-]. The molecule has 0 spiro atoms. The molecule has 0 aliphatic heterocycles. The fraction of sp³-hybridized carbons (Fsp3) is 0. The summed E-state index contributed by atoms with van der Waals surface area (Å²) in [4.78, 5) is 0. The second-order valence-electron chi connectivity index (χ2n) is 1.12. The Morgan fingerprint density at radius 3 is 0.364 bits per heavy atom. The molecular formula is BiCuO15V5. The van der Waals surface area contributed by atoms with Crippen molar-refractivity contribution in [1.29, 1.82) is 0 Å². The van der Waals surface area contributed by atoms with Crippen LogP contribution in [0.3, 0.4) is 0 Å². The van der Waals surface area contributed by atoms with Crippen LogP contribution in [-0.2, 0) is 131 Å². The predicted octanol–water partition coefficient (Wildman–Crippen LogP) is -7.53. The standard InChI is InChI=1S/Bi.Cu.15O.5V/q+3;+2;;;;;;;;;;;5*-1;;;;;. The minimum atomic E-state index is -3.94. The van der Waals surface area contributed by atoms with Gasteiger partial charge in [0.15, 0.2) is 0 Å². The molecule has 22 heteroatoms. The topological polar surface area (TPSA) is 286 Å². The molecular weight excluding hydrogens is 767 g/mol. The molecule has 0 heterocycles. The van der Waals surface area contributed by atoms with Gasteiger partial charge in [0.25, 0.3) is 0 Å². The Morgan fingerprint density at radius 1 is 0.364 bits per heavy atom. The van der Waals surface area contributed by atoms with Gasteiger partial charge in [-0.15, -0.1) is 0 Å². The summed E-state index contributed by atoms with van der Waals surface area (Å²) < 4.78 is 128. The molecule has 0 amide bonds. The zero-order valence-corrected chi connectivity index (χ0v) is 20.5. The quantitative estimate of drug-likeness (QED) is 0.207. The van der Waals surface area contributed by atoms with Crippen molar-refractivity contribution in [3.05, 3.63) is 0 Å². The van der Waals surface area contributed by atoms with E-state index in [0.717, 1.165) is 0 Å². The molecule has 3 radical (unpaired) electrons. The van der Waals surface area contributed by atoms with E-state index < -0.39 is 77.0 Å². The molecule has 0 N–H and O–H groups in total. The van der Waals surface area contributed by atoms with E-state index in [-0.39, 0.29) is 43.3 Å². The summed E-state index contributed by atoms with van der Waals surface area (Å²) in [6.45, 7) is 0. The molecule has 131 valence electrons. The number of hydrogen-bond acceptors (Lipinski definition) is 15. The molecule has 22 heavy (non-hydrogen) atoms. The van der Waals surface area contributed by atoms with Crippen molar-refractivity contribution in [3.63, 3.8) is 0 Å². The van der Waals surface area contributed by atoms with Gasteiger partial charge in [0.1, 0.15) is 0 Å². The van der Waals surface area contributed by atoms with E-state index in [4.69, 9.17) is 56.9 Å². The average molecular weight is 767 g/mol. The van der Waals surface area contributed by atoms with Gasteiger partial charge in [0, 0.05) is 0 Å². The van der Waals surface area contributed by atoms with Crippen LogP contribution in [0.25, 0.3) is 0 Å². The first-order valence-corrected chi connectivity index (χ1v) is 11.3. The third-order valence-corrected chi connectivity index (χ3v) is 0. The van der Waals surface area contributed by atoms with E-state index >= 15 is 0 Å². The van der Waals surface area contributed by atoms with Crippen molar-refractivity contribution in [2.45, 2.75) is 0 Å². The van der Waals surface area contributed by atoms with Crippen LogP contribution in [0.4, 0.5) is 0 Å². The fourth-order valence-electron chi connectivity index (χ4n) is 0. The van der Waals surface area contributed by atoms with Crippen LogP contribution < -0.4 is 20.2 Å². The predicted molar refractivity (Wildman–Crippen MR) is 12.6 cm³/mol. The van der Waals surface area contributed by atoms with Crippen molar-refractivity contribution in [2.24, 2.45) is 0 Å². The molecule has 0 fully saturated rings. The second-order valence-corrected chi connectivity index (χ2v) is 4.61. The van der Waals surface area contributed by atoms with Crippen LogP contribution in [0.2, 0.25) is 0 Å². The van der Waals surface area contributed by atoms with Gasteiger partial charge in [-0.05, 0) is 0 Å². The molecule has 0 aliphatic rings. The van der Waals surface area contributed by atoms with Crippen molar-refractivity contribution in [3.8, 4) is 0 Å². The third kappa shape index (κ3) is 2190. The van der Waals surface area contributed by atoms with Crippen LogP contribution >= 0.6 is 0 Å². The second kappa shape index (κ2) is 38.6. The molecule has 0 saturated heterocycles. The molecule has 0 aromatic rings. The van der Waals surface area contributed by atoms with E-state index in [0.29, 0.717) is 0 Å². The van der Waals surface area contributed by atoms with E-state index in [2.05, 4.69) is 0 Å². The molecule has 15 nitrogen and oxygen atoms in total. The molecule has 0 aromatic heterocycles. The van der Waals surface area contributed by atoms with E-state index in [9.17, 15) is 0 Å². The normalized spacial score (nSPS) is 5.68. The molecule has 0 bridgehead atoms. The number of rotatable bonds is 0. The average Bonchev–Trinajstić information content (AvgIpc) is 1.94. The Hall–Kier alpha value is 2.12. The van der Waals surface area contributed by atoms with Gasteiger partial charge in [-0.25, -0.2) is 0 Å². The molecule has 0 atom stereocenters. The Labute approximate surface area is 174 Å². The summed E-state index contributed by atoms with van der Waals surface area (Å²) in [5.74, 6) is 0. The van der Waals surface area contributed by atoms with Crippen molar-refractivity contribution >= 4 is 26.2 Å². The van der Waals surface area contributed by atoms with Crippen molar-refractivity contribution in [2.75, 3.05) is 0 Å². The van der Waals surface area contributed by atoms with Gasteiger partial charge in [-0.1, -0.05) is 0 Å². The Bertz CT molecular complexity index is 386. The van der Waals surface area contributed by atoms with E-state index in [1.54, 1.807) is 0 Å². The zero-order valence-electron chi connectivity index (χ0n) is 9.11. The molecule has 0 aromatic carbocycles. The van der Waals surface area contributed by atoms with Crippen LogP contribution in [0.5, 0.6) is 0 Å². The maximum absolute atomic E-state index is 8.56. The van der Waals surface area contributed by atoms with Crippen LogP contribution in [0, 0.1) is 0 Å². The van der Waals surface area contributed by atoms with Gasteiger partial charge < -0.3 is 0 Å². The molecule has 0 aliphatic carbocycles. The third-order valence-electron chi connectivity index (χ3n) is 0. The maximum atomic E-state index is 8.56. The van der Waals surface area contributed by atoms with E-state index in [1.165, 1.54) is 0 Å². The van der Waals surface area contributed by atoms with Gasteiger partial charge in [0.2, 0.25) is 0 Å². The van der Waals surface area contributed by atoms with Gasteiger partial charge in [0.05, 0.1) is 0 Å². The minimum absolute atomic E-state index is 0. The van der Waals surface area contributed by atoms with E-state index in [1.807, 2.05) is 0 Å². The van der Waals surface area contributed by atoms with Crippen molar-refractivity contribution in [1.82, 2.24) is 0 Å². The molecule has 0 rings (SSSR count). The first-order chi connectivity index (χ1) is 8.66. The van der Waals surface area contributed by atoms with Gasteiger partial charge in [-0.2, -0.15) is 0 Å². The summed E-state index contributed by atoms with van der Waals surface area (Å²) in [5.41, 5.74) is 0. The Balaban J connectivity index is -0.0000000250. The summed E-state index contributed by atoms with van der Waals surface area (Å²) in [6.07, 6.45) is 0. The molecule has 0 unspecified atom stereocenters. The summed E-state index contributed by atoms with van der Waals surface area (Å²) in [7, 11) is 0. The van der Waals surface area contributed by atoms with Crippen LogP contribution in [0.15, 0.2) is 0 Å². The number of hydrogen-bond donors (Lipinski definition) is 0. The Morgan fingerprint density at radius 2 is 0.364 bits per heavy atom. The van der Waals surface area contributed by atoms with Gasteiger partial charge in [-0.3, -0.25) is 0 Å². The van der Waals surface area contributed by atoms with Crippen LogP contribution in [0.1, 0.15) is 0 Å². The van der Waals surface area contributed by atoms with Crippen LogP contribution in [-0.4, -0.2) is 26.2 Å². The first kappa shape index (κ1) is 44.0. The zero-order chi connectivity index (χ0) is 17.9. The fourth-order valence-corrected chi connectivity index (χ4v) is 0. The monoisotopic (exact) mass is 767 g/mol. The Kier molecular flexibility index (Phi) is 77.2. The summed E-state index contributed by atoms with van der Waals surface area (Å²) in [6, 6.07) is 0.